The van der Waals surface area contributed by atoms with Gasteiger partial charge in [0.05, 0.1) is 0 Å². The number of anilines is 2. The Labute approximate surface area is 101 Å². The lowest BCUT2D eigenvalue weighted by atomic mass is 10.3. The van der Waals surface area contributed by atoms with Gasteiger partial charge in [-0.25, -0.2) is 9.97 Å². The van der Waals surface area contributed by atoms with Gasteiger partial charge in [-0.1, -0.05) is 6.92 Å². The van der Waals surface area contributed by atoms with Crippen LogP contribution in [0.25, 0.3) is 0 Å². The van der Waals surface area contributed by atoms with Crippen LogP contribution in [0.1, 0.15) is 13.8 Å². The summed E-state index contributed by atoms with van der Waals surface area (Å²) in [7, 11) is 0. The fourth-order valence-electron chi connectivity index (χ4n) is 1.82. The van der Waals surface area contributed by atoms with E-state index in [1.54, 1.807) is 6.33 Å². The number of nitrogens with one attached hydrogen (secondary N) is 1. The van der Waals surface area contributed by atoms with Crippen molar-refractivity contribution in [3.8, 4) is 0 Å². The van der Waals surface area contributed by atoms with Gasteiger partial charge in [-0.15, -0.1) is 0 Å². The Morgan fingerprint density at radius 3 is 3.19 bits per heavy atom. The molecule has 0 bridgehead atoms. The van der Waals surface area contributed by atoms with Gasteiger partial charge >= 0.3 is 0 Å². The van der Waals surface area contributed by atoms with E-state index in [4.69, 9.17) is 0 Å². The molecule has 5 heteroatoms. The molecule has 1 fully saturated rings. The van der Waals surface area contributed by atoms with Crippen LogP contribution in [0.4, 0.5) is 11.6 Å². The summed E-state index contributed by atoms with van der Waals surface area (Å²) in [5.74, 6) is 3.14. The number of hydrogen-bond donors (Lipinski definition) is 1. The topological polar surface area (TPSA) is 41.0 Å². The van der Waals surface area contributed by atoms with Gasteiger partial charge in [0.25, 0.3) is 0 Å². The molecule has 2 rings (SSSR count). The first kappa shape index (κ1) is 11.5. The number of rotatable bonds is 3. The lowest BCUT2D eigenvalue weighted by Crippen LogP contribution is -2.37. The molecule has 88 valence electrons. The zero-order valence-electron chi connectivity index (χ0n) is 9.81. The Morgan fingerprint density at radius 1 is 1.56 bits per heavy atom. The molecule has 0 spiro atoms. The van der Waals surface area contributed by atoms with Crippen LogP contribution in [-0.2, 0) is 0 Å². The van der Waals surface area contributed by atoms with Crippen LogP contribution in [0, 0.1) is 0 Å². The van der Waals surface area contributed by atoms with E-state index in [1.807, 2.05) is 17.8 Å². The summed E-state index contributed by atoms with van der Waals surface area (Å²) < 4.78 is 0. The highest BCUT2D eigenvalue weighted by Crippen LogP contribution is 2.22. The lowest BCUT2D eigenvalue weighted by Gasteiger charge is -2.31. The SMILES string of the molecule is CCNc1cc(N2CCSC(C)C2)ncn1. The van der Waals surface area contributed by atoms with Gasteiger partial charge < -0.3 is 10.2 Å². The minimum Gasteiger partial charge on any atom is -0.370 e. The third kappa shape index (κ3) is 2.78. The fourth-order valence-corrected chi connectivity index (χ4v) is 2.84. The Bertz CT molecular complexity index is 345. The van der Waals surface area contributed by atoms with Crippen molar-refractivity contribution in [2.45, 2.75) is 19.1 Å². The first-order valence-electron chi connectivity index (χ1n) is 5.72. The Hall–Kier alpha value is -0.970. The second-order valence-electron chi connectivity index (χ2n) is 3.92. The van der Waals surface area contributed by atoms with Crippen LogP contribution in [0.3, 0.4) is 0 Å². The van der Waals surface area contributed by atoms with Crippen LogP contribution in [-0.4, -0.2) is 40.6 Å². The molecule has 1 atom stereocenters. The molecule has 0 radical (unpaired) electrons. The third-order valence-corrected chi connectivity index (χ3v) is 3.71. The quantitative estimate of drug-likeness (QED) is 0.870. The van der Waals surface area contributed by atoms with Gasteiger partial charge in [0.15, 0.2) is 0 Å². The van der Waals surface area contributed by atoms with E-state index in [0.717, 1.165) is 31.3 Å². The van der Waals surface area contributed by atoms with E-state index in [2.05, 4.69) is 34.0 Å². The highest BCUT2D eigenvalue weighted by Gasteiger charge is 2.18. The molecule has 1 aliphatic rings. The monoisotopic (exact) mass is 238 g/mol. The van der Waals surface area contributed by atoms with Gasteiger partial charge in [-0.3, -0.25) is 0 Å². The number of aromatic nitrogens is 2. The minimum absolute atomic E-state index is 0.686. The van der Waals surface area contributed by atoms with E-state index in [1.165, 1.54) is 5.75 Å². The second kappa shape index (κ2) is 5.39. The predicted octanol–water partition coefficient (Wildman–Crippen LogP) is 1.85. The van der Waals surface area contributed by atoms with E-state index in [9.17, 15) is 0 Å². The van der Waals surface area contributed by atoms with Gasteiger partial charge in [0.1, 0.15) is 18.0 Å². The van der Waals surface area contributed by atoms with E-state index >= 15 is 0 Å². The van der Waals surface area contributed by atoms with Crippen molar-refractivity contribution in [2.75, 3.05) is 35.6 Å². The maximum absolute atomic E-state index is 4.35. The van der Waals surface area contributed by atoms with Crippen molar-refractivity contribution in [1.29, 1.82) is 0 Å². The first-order chi connectivity index (χ1) is 7.79. The average Bonchev–Trinajstić information content (AvgIpc) is 2.30. The maximum atomic E-state index is 4.35. The molecule has 16 heavy (non-hydrogen) atoms. The zero-order chi connectivity index (χ0) is 11.4. The standard InChI is InChI=1S/C11H18N4S/c1-3-12-10-6-11(14-8-13-10)15-4-5-16-9(2)7-15/h6,8-9H,3-5,7H2,1-2H3,(H,12,13,14). The van der Waals surface area contributed by atoms with Crippen molar-refractivity contribution < 1.29 is 0 Å². The Morgan fingerprint density at radius 2 is 2.44 bits per heavy atom. The largest absolute Gasteiger partial charge is 0.370 e. The molecule has 1 N–H and O–H groups in total. The summed E-state index contributed by atoms with van der Waals surface area (Å²) >= 11 is 2.03. The van der Waals surface area contributed by atoms with E-state index < -0.39 is 0 Å². The second-order valence-corrected chi connectivity index (χ2v) is 5.47. The van der Waals surface area contributed by atoms with Crippen LogP contribution in [0.5, 0.6) is 0 Å². The molecule has 0 aliphatic carbocycles. The van der Waals surface area contributed by atoms with Crippen molar-refractivity contribution >= 4 is 23.4 Å². The Balaban J connectivity index is 2.09. The molecule has 1 aliphatic heterocycles. The summed E-state index contributed by atoms with van der Waals surface area (Å²) in [6.07, 6.45) is 1.64. The van der Waals surface area contributed by atoms with Gasteiger partial charge in [0, 0.05) is 36.7 Å². The maximum Gasteiger partial charge on any atom is 0.134 e. The van der Waals surface area contributed by atoms with E-state index in [-0.39, 0.29) is 0 Å². The third-order valence-electron chi connectivity index (χ3n) is 2.58. The number of hydrogen-bond acceptors (Lipinski definition) is 5. The molecule has 4 nitrogen and oxygen atoms in total. The summed E-state index contributed by atoms with van der Waals surface area (Å²) in [5, 5.41) is 3.90. The molecule has 1 unspecified atom stereocenters. The molecule has 1 aromatic rings. The zero-order valence-corrected chi connectivity index (χ0v) is 10.6. The van der Waals surface area contributed by atoms with Crippen LogP contribution in [0.15, 0.2) is 12.4 Å². The van der Waals surface area contributed by atoms with Crippen molar-refractivity contribution in [2.24, 2.45) is 0 Å². The van der Waals surface area contributed by atoms with Crippen molar-refractivity contribution in [3.63, 3.8) is 0 Å². The van der Waals surface area contributed by atoms with Gasteiger partial charge in [-0.05, 0) is 6.92 Å². The molecule has 0 aromatic carbocycles. The lowest BCUT2D eigenvalue weighted by molar-refractivity contribution is 0.768. The van der Waals surface area contributed by atoms with Crippen molar-refractivity contribution in [1.82, 2.24) is 9.97 Å². The summed E-state index contributed by atoms with van der Waals surface area (Å²) in [5.41, 5.74) is 0. The average molecular weight is 238 g/mol. The fraction of sp³-hybridized carbons (Fsp3) is 0.636. The summed E-state index contributed by atoms with van der Waals surface area (Å²) in [6.45, 7) is 7.39. The molecule has 2 heterocycles. The van der Waals surface area contributed by atoms with Crippen LogP contribution >= 0.6 is 11.8 Å². The molecular weight excluding hydrogens is 220 g/mol. The van der Waals surface area contributed by atoms with Crippen LogP contribution in [0.2, 0.25) is 0 Å². The summed E-state index contributed by atoms with van der Waals surface area (Å²) in [6, 6.07) is 2.03. The van der Waals surface area contributed by atoms with Gasteiger partial charge in [-0.2, -0.15) is 11.8 Å². The van der Waals surface area contributed by atoms with E-state index in [0.29, 0.717) is 5.25 Å². The number of nitrogens with zero attached hydrogens (tertiary/aromatic N) is 3. The normalized spacial score (nSPS) is 20.9. The predicted molar refractivity (Wildman–Crippen MR) is 70.3 cm³/mol. The smallest absolute Gasteiger partial charge is 0.134 e. The molecule has 1 saturated heterocycles. The van der Waals surface area contributed by atoms with Gasteiger partial charge in [0.2, 0.25) is 0 Å². The number of thioether (sulfide) groups is 1. The van der Waals surface area contributed by atoms with Crippen LogP contribution < -0.4 is 10.2 Å². The highest BCUT2D eigenvalue weighted by atomic mass is 32.2. The summed E-state index contributed by atoms with van der Waals surface area (Å²) in [4.78, 5) is 10.9. The molecule has 0 saturated carbocycles. The Kier molecular flexibility index (Phi) is 3.88. The molecule has 1 aromatic heterocycles. The highest BCUT2D eigenvalue weighted by molar-refractivity contribution is 8.00. The minimum atomic E-state index is 0.686. The molecular formula is C11H18N4S. The van der Waals surface area contributed by atoms with Crippen molar-refractivity contribution in [3.05, 3.63) is 12.4 Å². The molecule has 0 amide bonds. The first-order valence-corrected chi connectivity index (χ1v) is 6.77.